The molecule has 4 N–H and O–H groups in total. The van der Waals surface area contributed by atoms with Crippen LogP contribution in [0.3, 0.4) is 0 Å². The van der Waals surface area contributed by atoms with E-state index in [1.807, 2.05) is 6.92 Å². The predicted molar refractivity (Wildman–Crippen MR) is 85.7 cm³/mol. The summed E-state index contributed by atoms with van der Waals surface area (Å²) in [5.41, 5.74) is -0.0477. The fraction of sp³-hybridized carbons (Fsp3) is 0.692. The van der Waals surface area contributed by atoms with Gasteiger partial charge in [0.2, 0.25) is 5.91 Å². The molecule has 3 rings (SSSR count). The van der Waals surface area contributed by atoms with Crippen molar-refractivity contribution in [2.45, 2.75) is 31.2 Å². The summed E-state index contributed by atoms with van der Waals surface area (Å²) in [4.78, 5) is 25.6. The van der Waals surface area contributed by atoms with Gasteiger partial charge in [0.05, 0.1) is 18.1 Å². The van der Waals surface area contributed by atoms with Crippen molar-refractivity contribution in [3.8, 4) is 0 Å². The molecule has 2 saturated heterocycles. The number of carbonyl (C=O) groups is 2. The van der Waals surface area contributed by atoms with Crippen LogP contribution in [0, 0.1) is 11.8 Å². The van der Waals surface area contributed by atoms with Gasteiger partial charge < -0.3 is 15.1 Å². The molecular formula is C13H19N3O6S2. The van der Waals surface area contributed by atoms with Crippen LogP contribution < -0.4 is 5.14 Å². The third-order valence-electron chi connectivity index (χ3n) is 4.78. The van der Waals surface area contributed by atoms with E-state index in [4.69, 9.17) is 5.14 Å². The number of carboxylic acid groups (broad SMARTS) is 1. The molecule has 1 amide bonds. The Morgan fingerprint density at radius 2 is 2.00 bits per heavy atom. The average molecular weight is 377 g/mol. The number of aliphatic hydroxyl groups excluding tert-OH is 1. The molecule has 11 heteroatoms. The number of amides is 1. The highest BCUT2D eigenvalue weighted by atomic mass is 32.2. The van der Waals surface area contributed by atoms with E-state index in [-0.39, 0.29) is 41.9 Å². The number of nitrogens with zero attached hydrogens (tertiary/aromatic N) is 2. The summed E-state index contributed by atoms with van der Waals surface area (Å²) < 4.78 is 23.5. The number of hydrogen-bond donors (Lipinski definition) is 3. The molecule has 2 fully saturated rings. The van der Waals surface area contributed by atoms with Crippen molar-refractivity contribution >= 4 is 33.8 Å². The van der Waals surface area contributed by atoms with Crippen LogP contribution in [0.5, 0.6) is 0 Å². The third-order valence-corrected chi connectivity index (χ3v) is 7.25. The monoisotopic (exact) mass is 377 g/mol. The number of rotatable bonds is 5. The largest absolute Gasteiger partial charge is 0.477 e. The van der Waals surface area contributed by atoms with Crippen LogP contribution in [-0.2, 0) is 19.8 Å². The van der Waals surface area contributed by atoms with Crippen LogP contribution in [0.25, 0.3) is 0 Å². The van der Waals surface area contributed by atoms with Gasteiger partial charge in [-0.2, -0.15) is 12.7 Å². The Morgan fingerprint density at radius 3 is 2.46 bits per heavy atom. The van der Waals surface area contributed by atoms with Crippen molar-refractivity contribution in [2.24, 2.45) is 17.0 Å². The van der Waals surface area contributed by atoms with Crippen LogP contribution in [0.4, 0.5) is 0 Å². The van der Waals surface area contributed by atoms with Gasteiger partial charge in [0.25, 0.3) is 10.2 Å². The quantitative estimate of drug-likeness (QED) is 0.509. The highest BCUT2D eigenvalue weighted by Crippen LogP contribution is 2.51. The molecule has 3 heterocycles. The fourth-order valence-electron chi connectivity index (χ4n) is 3.54. The molecule has 0 aromatic carbocycles. The lowest BCUT2D eigenvalue weighted by Gasteiger charge is -2.46. The summed E-state index contributed by atoms with van der Waals surface area (Å²) in [5, 5.41) is 24.2. The number of fused-ring (bicyclic) bond motifs is 1. The second kappa shape index (κ2) is 5.70. The molecule has 0 radical (unpaired) electrons. The van der Waals surface area contributed by atoms with Gasteiger partial charge in [0.1, 0.15) is 5.70 Å². The number of aliphatic hydroxyl groups is 1. The van der Waals surface area contributed by atoms with Gasteiger partial charge in [0.15, 0.2) is 0 Å². The first kappa shape index (κ1) is 17.7. The van der Waals surface area contributed by atoms with Crippen LogP contribution in [0.15, 0.2) is 10.6 Å². The zero-order chi connectivity index (χ0) is 18.0. The fourth-order valence-corrected chi connectivity index (χ4v) is 6.02. The summed E-state index contributed by atoms with van der Waals surface area (Å²) in [6, 6.07) is -0.361. The third kappa shape index (κ3) is 2.54. The van der Waals surface area contributed by atoms with Crippen molar-refractivity contribution in [3.63, 3.8) is 0 Å². The Morgan fingerprint density at radius 1 is 1.42 bits per heavy atom. The number of carboxylic acids is 1. The van der Waals surface area contributed by atoms with Crippen molar-refractivity contribution in [1.29, 1.82) is 0 Å². The van der Waals surface area contributed by atoms with E-state index in [1.165, 1.54) is 23.6 Å². The van der Waals surface area contributed by atoms with Crippen molar-refractivity contribution in [2.75, 3.05) is 13.1 Å². The number of thioether (sulfide) groups is 1. The SMILES string of the molecule is C[C@@H](O)[C@H]1C(=O)N2C(C(=O)O)=C(SC3CN(S(N)(=O)=O)C3)[C@H](C)[C@H]12. The maximum Gasteiger partial charge on any atom is 0.353 e. The van der Waals surface area contributed by atoms with E-state index in [2.05, 4.69) is 0 Å². The maximum atomic E-state index is 12.2. The zero-order valence-corrected chi connectivity index (χ0v) is 14.7. The second-order valence-corrected chi connectivity index (χ2v) is 9.26. The molecule has 0 aliphatic carbocycles. The minimum Gasteiger partial charge on any atom is -0.477 e. The highest BCUT2D eigenvalue weighted by molar-refractivity contribution is 8.04. The van der Waals surface area contributed by atoms with E-state index >= 15 is 0 Å². The predicted octanol–water partition coefficient (Wildman–Crippen LogP) is -1.24. The lowest BCUT2D eigenvalue weighted by molar-refractivity contribution is -0.163. The van der Waals surface area contributed by atoms with Crippen LogP contribution in [0.2, 0.25) is 0 Å². The maximum absolute atomic E-state index is 12.2. The molecule has 3 aliphatic heterocycles. The average Bonchev–Trinajstić information content (AvgIpc) is 2.61. The zero-order valence-electron chi connectivity index (χ0n) is 13.1. The Balaban J connectivity index is 1.80. The minimum atomic E-state index is -3.72. The number of carbonyl (C=O) groups excluding carboxylic acids is 1. The van der Waals surface area contributed by atoms with E-state index < -0.39 is 28.2 Å². The molecule has 0 aromatic heterocycles. The van der Waals surface area contributed by atoms with Crippen LogP contribution >= 0.6 is 11.8 Å². The topological polar surface area (TPSA) is 141 Å². The van der Waals surface area contributed by atoms with Crippen LogP contribution in [-0.4, -0.2) is 70.2 Å². The van der Waals surface area contributed by atoms with E-state index in [1.54, 1.807) is 0 Å². The minimum absolute atomic E-state index is 0.0477. The molecule has 0 spiro atoms. The van der Waals surface area contributed by atoms with Crippen molar-refractivity contribution < 1.29 is 28.2 Å². The molecule has 4 atom stereocenters. The first-order valence-corrected chi connectivity index (χ1v) is 9.85. The molecule has 0 bridgehead atoms. The summed E-state index contributed by atoms with van der Waals surface area (Å²) in [7, 11) is -3.72. The molecule has 0 saturated carbocycles. The molecule has 0 aromatic rings. The Kier molecular flexibility index (Phi) is 4.20. The van der Waals surface area contributed by atoms with Crippen molar-refractivity contribution in [3.05, 3.63) is 10.6 Å². The van der Waals surface area contributed by atoms with Gasteiger partial charge in [-0.3, -0.25) is 4.79 Å². The summed E-state index contributed by atoms with van der Waals surface area (Å²) >= 11 is 1.28. The van der Waals surface area contributed by atoms with Gasteiger partial charge in [-0.05, 0) is 6.92 Å². The number of aliphatic carboxylic acids is 1. The lowest BCUT2D eigenvalue weighted by Crippen LogP contribution is -2.63. The smallest absolute Gasteiger partial charge is 0.353 e. The first-order valence-electron chi connectivity index (χ1n) is 7.47. The summed E-state index contributed by atoms with van der Waals surface area (Å²) in [5.74, 6) is -2.39. The normalized spacial score (nSPS) is 32.4. The summed E-state index contributed by atoms with van der Waals surface area (Å²) in [6.45, 7) is 3.78. The standard InChI is InChI=1S/C13H19N3O6S2/c1-5-9-8(6(2)17)12(18)16(9)10(13(19)20)11(5)23-7-3-15(4-7)24(14,21)22/h5-9,17H,3-4H2,1-2H3,(H,19,20)(H2,14,21,22)/t5-,6-,8-,9-/m1/s1. The Labute approximate surface area is 143 Å². The van der Waals surface area contributed by atoms with Crippen LogP contribution in [0.1, 0.15) is 13.8 Å². The van der Waals surface area contributed by atoms with E-state index in [0.29, 0.717) is 4.91 Å². The molecule has 24 heavy (non-hydrogen) atoms. The van der Waals surface area contributed by atoms with Gasteiger partial charge >= 0.3 is 5.97 Å². The molecule has 0 unspecified atom stereocenters. The molecule has 134 valence electrons. The lowest BCUT2D eigenvalue weighted by atomic mass is 9.79. The number of hydrogen-bond acceptors (Lipinski definition) is 6. The Bertz CT molecular complexity index is 728. The van der Waals surface area contributed by atoms with Gasteiger partial charge in [-0.25, -0.2) is 9.93 Å². The van der Waals surface area contributed by atoms with Crippen molar-refractivity contribution in [1.82, 2.24) is 9.21 Å². The molecule has 3 aliphatic rings. The Hall–Kier alpha value is -1.14. The number of β-lactam (4-membered cyclic amide) rings is 1. The molecule has 9 nitrogen and oxygen atoms in total. The second-order valence-electron chi connectivity index (χ2n) is 6.37. The van der Waals surface area contributed by atoms with E-state index in [9.17, 15) is 28.2 Å². The number of nitrogens with two attached hydrogens (primary N) is 1. The van der Waals surface area contributed by atoms with Gasteiger partial charge in [-0.15, -0.1) is 11.8 Å². The molecular weight excluding hydrogens is 358 g/mol. The highest BCUT2D eigenvalue weighted by Gasteiger charge is 2.60. The summed E-state index contributed by atoms with van der Waals surface area (Å²) in [6.07, 6.45) is -0.845. The van der Waals surface area contributed by atoms with E-state index in [0.717, 1.165) is 4.31 Å². The first-order chi connectivity index (χ1) is 11.0. The van der Waals surface area contributed by atoms with Gasteiger partial charge in [0, 0.05) is 29.2 Å². The van der Waals surface area contributed by atoms with Gasteiger partial charge in [-0.1, -0.05) is 6.92 Å².